The summed E-state index contributed by atoms with van der Waals surface area (Å²) in [4.78, 5) is 11.4. The number of urea groups is 1. The number of halogens is 2. The number of amides is 2. The molecule has 0 saturated carbocycles. The number of benzene rings is 1. The first-order chi connectivity index (χ1) is 7.52. The molecule has 0 spiro atoms. The van der Waals surface area contributed by atoms with E-state index < -0.39 is 6.03 Å². The van der Waals surface area contributed by atoms with Crippen LogP contribution in [0.15, 0.2) is 22.7 Å². The van der Waals surface area contributed by atoms with Crippen molar-refractivity contribution in [3.05, 3.63) is 28.5 Å². The second kappa shape index (κ2) is 5.81. The molecule has 6 heteroatoms. The minimum absolute atomic E-state index is 0.141. The van der Waals surface area contributed by atoms with Crippen molar-refractivity contribution in [3.8, 4) is 0 Å². The fraction of sp³-hybridized carbons (Fsp3) is 0.300. The van der Waals surface area contributed by atoms with Crippen molar-refractivity contribution in [2.24, 2.45) is 0 Å². The zero-order valence-corrected chi connectivity index (χ0v) is 10.2. The van der Waals surface area contributed by atoms with Crippen LogP contribution >= 0.6 is 15.9 Å². The monoisotopic (exact) mass is 290 g/mol. The van der Waals surface area contributed by atoms with Gasteiger partial charge < -0.3 is 15.7 Å². The summed E-state index contributed by atoms with van der Waals surface area (Å²) in [5, 5.41) is 13.8. The first-order valence-electron chi connectivity index (χ1n) is 4.66. The maximum atomic E-state index is 12.8. The number of anilines is 1. The Labute approximate surface area is 101 Å². The minimum Gasteiger partial charge on any atom is -0.394 e. The standard InChI is InChI=1S/C10H12BrFN2O2/c1-6(5-15)13-10(16)14-9-3-2-7(12)4-8(9)11/h2-4,6,15H,5H2,1H3,(H2,13,14,16). The molecule has 0 aliphatic heterocycles. The first kappa shape index (κ1) is 12.9. The van der Waals surface area contributed by atoms with Gasteiger partial charge in [-0.25, -0.2) is 9.18 Å². The van der Waals surface area contributed by atoms with Crippen LogP contribution in [0.2, 0.25) is 0 Å². The summed E-state index contributed by atoms with van der Waals surface area (Å²) in [5.74, 6) is -0.387. The van der Waals surface area contributed by atoms with Gasteiger partial charge in [0.15, 0.2) is 0 Å². The van der Waals surface area contributed by atoms with Gasteiger partial charge in [0, 0.05) is 4.47 Å². The second-order valence-corrected chi connectivity index (χ2v) is 4.16. The van der Waals surface area contributed by atoms with Crippen LogP contribution in [0.25, 0.3) is 0 Å². The van der Waals surface area contributed by atoms with Gasteiger partial charge >= 0.3 is 6.03 Å². The lowest BCUT2D eigenvalue weighted by molar-refractivity contribution is 0.229. The van der Waals surface area contributed by atoms with Gasteiger partial charge in [-0.05, 0) is 41.1 Å². The van der Waals surface area contributed by atoms with Crippen LogP contribution < -0.4 is 10.6 Å². The average Bonchev–Trinajstić information content (AvgIpc) is 2.22. The fourth-order valence-electron chi connectivity index (χ4n) is 1.02. The molecule has 0 aromatic heterocycles. The molecule has 1 unspecified atom stereocenters. The predicted octanol–water partition coefficient (Wildman–Crippen LogP) is 2.09. The number of rotatable bonds is 3. The molecule has 0 aliphatic rings. The zero-order valence-electron chi connectivity index (χ0n) is 8.63. The van der Waals surface area contributed by atoms with Crippen molar-refractivity contribution in [2.75, 3.05) is 11.9 Å². The van der Waals surface area contributed by atoms with E-state index in [1.54, 1.807) is 6.92 Å². The fourth-order valence-corrected chi connectivity index (χ4v) is 1.47. The number of carbonyl (C=O) groups excluding carboxylic acids is 1. The van der Waals surface area contributed by atoms with E-state index in [0.717, 1.165) is 0 Å². The highest BCUT2D eigenvalue weighted by Crippen LogP contribution is 2.22. The Hall–Kier alpha value is -1.14. The number of nitrogens with one attached hydrogen (secondary N) is 2. The van der Waals surface area contributed by atoms with Crippen LogP contribution in [-0.4, -0.2) is 23.8 Å². The smallest absolute Gasteiger partial charge is 0.319 e. The Morgan fingerprint density at radius 2 is 2.31 bits per heavy atom. The lowest BCUT2D eigenvalue weighted by Gasteiger charge is -2.12. The van der Waals surface area contributed by atoms with Crippen molar-refractivity contribution in [2.45, 2.75) is 13.0 Å². The summed E-state index contributed by atoms with van der Waals surface area (Å²) < 4.78 is 13.2. The van der Waals surface area contributed by atoms with E-state index in [4.69, 9.17) is 5.11 Å². The number of aliphatic hydroxyl groups is 1. The quantitative estimate of drug-likeness (QED) is 0.798. The topological polar surface area (TPSA) is 61.4 Å². The van der Waals surface area contributed by atoms with Crippen LogP contribution in [-0.2, 0) is 0 Å². The highest BCUT2D eigenvalue weighted by Gasteiger charge is 2.08. The van der Waals surface area contributed by atoms with E-state index in [9.17, 15) is 9.18 Å². The largest absolute Gasteiger partial charge is 0.394 e. The third-order valence-corrected chi connectivity index (χ3v) is 2.49. The maximum Gasteiger partial charge on any atom is 0.319 e. The van der Waals surface area contributed by atoms with Gasteiger partial charge in [0.2, 0.25) is 0 Å². The van der Waals surface area contributed by atoms with Crippen molar-refractivity contribution in [3.63, 3.8) is 0 Å². The summed E-state index contributed by atoms with van der Waals surface area (Å²) in [7, 11) is 0. The molecular formula is C10H12BrFN2O2. The predicted molar refractivity (Wildman–Crippen MR) is 62.8 cm³/mol. The Bertz CT molecular complexity index is 387. The first-order valence-corrected chi connectivity index (χ1v) is 5.45. The summed E-state index contributed by atoms with van der Waals surface area (Å²) >= 11 is 3.13. The summed E-state index contributed by atoms with van der Waals surface area (Å²) in [5.41, 5.74) is 0.462. The van der Waals surface area contributed by atoms with Crippen molar-refractivity contribution >= 4 is 27.6 Å². The van der Waals surface area contributed by atoms with Crippen LogP contribution in [0.3, 0.4) is 0 Å². The summed E-state index contributed by atoms with van der Waals surface area (Å²) in [6.45, 7) is 1.53. The molecular weight excluding hydrogens is 279 g/mol. The van der Waals surface area contributed by atoms with Gasteiger partial charge in [-0.2, -0.15) is 0 Å². The minimum atomic E-state index is -0.450. The van der Waals surface area contributed by atoms with Gasteiger partial charge in [-0.3, -0.25) is 0 Å². The van der Waals surface area contributed by atoms with Crippen LogP contribution in [0.4, 0.5) is 14.9 Å². The zero-order chi connectivity index (χ0) is 12.1. The second-order valence-electron chi connectivity index (χ2n) is 3.31. The van der Waals surface area contributed by atoms with Crippen molar-refractivity contribution in [1.29, 1.82) is 0 Å². The highest BCUT2D eigenvalue weighted by atomic mass is 79.9. The van der Waals surface area contributed by atoms with Gasteiger partial charge in [-0.1, -0.05) is 0 Å². The van der Waals surface area contributed by atoms with E-state index in [-0.39, 0.29) is 18.5 Å². The molecule has 0 heterocycles. The Balaban J connectivity index is 2.63. The molecule has 88 valence electrons. The molecule has 1 atom stereocenters. The molecule has 1 aromatic rings. The van der Waals surface area contributed by atoms with E-state index in [1.165, 1.54) is 18.2 Å². The summed E-state index contributed by atoms with van der Waals surface area (Å²) in [6, 6.07) is 3.16. The third kappa shape index (κ3) is 3.79. The average molecular weight is 291 g/mol. The van der Waals surface area contributed by atoms with Gasteiger partial charge in [-0.15, -0.1) is 0 Å². The maximum absolute atomic E-state index is 12.8. The Kier molecular flexibility index (Phi) is 4.70. The molecule has 1 aromatic carbocycles. The van der Waals surface area contributed by atoms with E-state index in [2.05, 4.69) is 26.6 Å². The number of hydrogen-bond acceptors (Lipinski definition) is 2. The van der Waals surface area contributed by atoms with Gasteiger partial charge in [0.1, 0.15) is 5.82 Å². The molecule has 16 heavy (non-hydrogen) atoms. The lowest BCUT2D eigenvalue weighted by atomic mass is 10.3. The van der Waals surface area contributed by atoms with Crippen LogP contribution in [0.1, 0.15) is 6.92 Å². The van der Waals surface area contributed by atoms with E-state index in [0.29, 0.717) is 10.2 Å². The van der Waals surface area contributed by atoms with Gasteiger partial charge in [0.25, 0.3) is 0 Å². The third-order valence-electron chi connectivity index (χ3n) is 1.83. The van der Waals surface area contributed by atoms with Gasteiger partial charge in [0.05, 0.1) is 18.3 Å². The number of hydrogen-bond donors (Lipinski definition) is 3. The normalized spacial score (nSPS) is 12.0. The Morgan fingerprint density at radius 3 is 2.88 bits per heavy atom. The SMILES string of the molecule is CC(CO)NC(=O)Nc1ccc(F)cc1Br. The van der Waals surface area contributed by atoms with Crippen LogP contribution in [0.5, 0.6) is 0 Å². The van der Waals surface area contributed by atoms with E-state index >= 15 is 0 Å². The van der Waals surface area contributed by atoms with Crippen LogP contribution in [0, 0.1) is 5.82 Å². The van der Waals surface area contributed by atoms with E-state index in [1.807, 2.05) is 0 Å². The summed E-state index contributed by atoms with van der Waals surface area (Å²) in [6.07, 6.45) is 0. The lowest BCUT2D eigenvalue weighted by Crippen LogP contribution is -2.38. The Morgan fingerprint density at radius 1 is 1.62 bits per heavy atom. The number of aliphatic hydroxyl groups excluding tert-OH is 1. The molecule has 0 bridgehead atoms. The number of carbonyl (C=O) groups is 1. The molecule has 0 radical (unpaired) electrons. The molecule has 0 saturated heterocycles. The van der Waals surface area contributed by atoms with Crippen molar-refractivity contribution < 1.29 is 14.3 Å². The highest BCUT2D eigenvalue weighted by molar-refractivity contribution is 9.10. The molecule has 0 fully saturated rings. The van der Waals surface area contributed by atoms with Crippen molar-refractivity contribution in [1.82, 2.24) is 5.32 Å². The molecule has 0 aliphatic carbocycles. The molecule has 2 amide bonds. The molecule has 3 N–H and O–H groups in total. The molecule has 4 nitrogen and oxygen atoms in total. The molecule has 1 rings (SSSR count).